The molecule has 2 amide bonds. The predicted molar refractivity (Wildman–Crippen MR) is 58.1 cm³/mol. The van der Waals surface area contributed by atoms with Crippen molar-refractivity contribution >= 4 is 23.7 Å². The minimum Gasteiger partial charge on any atom is -0.341 e. The fourth-order valence-electron chi connectivity index (χ4n) is 0.860. The summed E-state index contributed by atoms with van der Waals surface area (Å²) >= 11 is 5.71. The highest BCUT2D eigenvalue weighted by Crippen LogP contribution is 2.09. The molecular formula is C10H11ClN2O. The fraction of sp³-hybridized carbons (Fsp3) is 0.100. The van der Waals surface area contributed by atoms with Crippen LogP contribution in [0.5, 0.6) is 0 Å². The van der Waals surface area contributed by atoms with Gasteiger partial charge in [0.1, 0.15) is 0 Å². The topological polar surface area (TPSA) is 41.1 Å². The number of carbonyl (C=O) groups is 1. The molecule has 4 heteroatoms. The lowest BCUT2D eigenvalue weighted by atomic mass is 10.2. The summed E-state index contributed by atoms with van der Waals surface area (Å²) in [7, 11) is 1.56. The highest BCUT2D eigenvalue weighted by atomic mass is 35.5. The fourth-order valence-corrected chi connectivity index (χ4v) is 0.986. The number of nitrogens with one attached hydrogen (secondary N) is 2. The van der Waals surface area contributed by atoms with E-state index in [-0.39, 0.29) is 6.03 Å². The summed E-state index contributed by atoms with van der Waals surface area (Å²) in [5, 5.41) is 5.67. The molecule has 0 aliphatic carbocycles. The SMILES string of the molecule is CNC(=O)N/C=C/c1ccc(Cl)cc1. The Morgan fingerprint density at radius 2 is 2.00 bits per heavy atom. The molecule has 2 N–H and O–H groups in total. The Morgan fingerprint density at radius 3 is 2.57 bits per heavy atom. The molecule has 0 bridgehead atoms. The third kappa shape index (κ3) is 3.49. The van der Waals surface area contributed by atoms with Crippen molar-refractivity contribution in [2.45, 2.75) is 0 Å². The van der Waals surface area contributed by atoms with Gasteiger partial charge in [0.15, 0.2) is 0 Å². The van der Waals surface area contributed by atoms with Gasteiger partial charge >= 0.3 is 6.03 Å². The van der Waals surface area contributed by atoms with Crippen LogP contribution in [0, 0.1) is 0 Å². The molecule has 0 unspecified atom stereocenters. The van der Waals surface area contributed by atoms with Gasteiger partial charge in [-0.05, 0) is 23.8 Å². The quantitative estimate of drug-likeness (QED) is 0.773. The molecule has 74 valence electrons. The van der Waals surface area contributed by atoms with Gasteiger partial charge in [0.2, 0.25) is 0 Å². The van der Waals surface area contributed by atoms with Crippen LogP contribution in [0.4, 0.5) is 4.79 Å². The molecule has 0 atom stereocenters. The number of hydrogen-bond acceptors (Lipinski definition) is 1. The Balaban J connectivity index is 2.52. The highest BCUT2D eigenvalue weighted by molar-refractivity contribution is 6.30. The number of benzene rings is 1. The zero-order valence-electron chi connectivity index (χ0n) is 7.75. The van der Waals surface area contributed by atoms with Gasteiger partial charge in [-0.2, -0.15) is 0 Å². The van der Waals surface area contributed by atoms with Crippen LogP contribution < -0.4 is 10.6 Å². The second-order valence-electron chi connectivity index (χ2n) is 2.61. The normalized spacial score (nSPS) is 10.1. The predicted octanol–water partition coefficient (Wildman–Crippen LogP) is 2.24. The van der Waals surface area contributed by atoms with E-state index >= 15 is 0 Å². The van der Waals surface area contributed by atoms with Crippen LogP contribution in [0.25, 0.3) is 6.08 Å². The molecule has 14 heavy (non-hydrogen) atoms. The van der Waals surface area contributed by atoms with E-state index in [0.29, 0.717) is 5.02 Å². The summed E-state index contributed by atoms with van der Waals surface area (Å²) in [6.45, 7) is 0. The van der Waals surface area contributed by atoms with Crippen LogP contribution in [0.15, 0.2) is 30.5 Å². The Morgan fingerprint density at radius 1 is 1.36 bits per heavy atom. The van der Waals surface area contributed by atoms with E-state index in [9.17, 15) is 4.79 Å². The summed E-state index contributed by atoms with van der Waals surface area (Å²) in [4.78, 5) is 10.8. The van der Waals surface area contributed by atoms with E-state index in [1.54, 1.807) is 31.5 Å². The van der Waals surface area contributed by atoms with E-state index in [2.05, 4.69) is 10.6 Å². The van der Waals surface area contributed by atoms with Crippen molar-refractivity contribution in [3.8, 4) is 0 Å². The maximum Gasteiger partial charge on any atom is 0.318 e. The van der Waals surface area contributed by atoms with Crippen LogP contribution in [-0.2, 0) is 0 Å². The van der Waals surface area contributed by atoms with E-state index in [1.165, 1.54) is 0 Å². The third-order valence-electron chi connectivity index (χ3n) is 1.59. The van der Waals surface area contributed by atoms with Crippen molar-refractivity contribution in [3.05, 3.63) is 41.1 Å². The van der Waals surface area contributed by atoms with Crippen molar-refractivity contribution in [3.63, 3.8) is 0 Å². The number of amides is 2. The first-order valence-corrected chi connectivity index (χ1v) is 4.50. The molecular weight excluding hydrogens is 200 g/mol. The monoisotopic (exact) mass is 210 g/mol. The van der Waals surface area contributed by atoms with Crippen molar-refractivity contribution in [2.75, 3.05) is 7.05 Å². The van der Waals surface area contributed by atoms with Gasteiger partial charge in [0, 0.05) is 18.3 Å². The summed E-state index contributed by atoms with van der Waals surface area (Å²) < 4.78 is 0. The highest BCUT2D eigenvalue weighted by Gasteiger charge is 1.90. The number of carbonyl (C=O) groups excluding carboxylic acids is 1. The molecule has 1 rings (SSSR count). The number of halogens is 1. The molecule has 0 aromatic heterocycles. The number of urea groups is 1. The van der Waals surface area contributed by atoms with E-state index in [1.807, 2.05) is 12.1 Å². The Labute approximate surface area is 87.8 Å². The first-order valence-electron chi connectivity index (χ1n) is 4.13. The molecule has 0 heterocycles. The Bertz CT molecular complexity index is 332. The first-order chi connectivity index (χ1) is 6.72. The van der Waals surface area contributed by atoms with E-state index in [0.717, 1.165) is 5.56 Å². The summed E-state index contributed by atoms with van der Waals surface area (Å²) in [5.74, 6) is 0. The van der Waals surface area contributed by atoms with Gasteiger partial charge in [0.25, 0.3) is 0 Å². The molecule has 0 spiro atoms. The molecule has 0 radical (unpaired) electrons. The summed E-state index contributed by atoms with van der Waals surface area (Å²) in [6, 6.07) is 7.08. The first kappa shape index (κ1) is 10.6. The second kappa shape index (κ2) is 5.29. The summed E-state index contributed by atoms with van der Waals surface area (Å²) in [6.07, 6.45) is 3.35. The molecule has 1 aromatic carbocycles. The average Bonchev–Trinajstić information content (AvgIpc) is 2.21. The van der Waals surface area contributed by atoms with Gasteiger partial charge in [-0.3, -0.25) is 0 Å². The maximum atomic E-state index is 10.8. The lowest BCUT2D eigenvalue weighted by molar-refractivity contribution is 0.246. The lowest BCUT2D eigenvalue weighted by Gasteiger charge is -1.97. The maximum absolute atomic E-state index is 10.8. The van der Waals surface area contributed by atoms with Crippen LogP contribution in [0.2, 0.25) is 5.02 Å². The largest absolute Gasteiger partial charge is 0.341 e. The third-order valence-corrected chi connectivity index (χ3v) is 1.84. The van der Waals surface area contributed by atoms with Crippen molar-refractivity contribution in [1.82, 2.24) is 10.6 Å². The van der Waals surface area contributed by atoms with Crippen LogP contribution in [-0.4, -0.2) is 13.1 Å². The van der Waals surface area contributed by atoms with Crippen LogP contribution in [0.1, 0.15) is 5.56 Å². The van der Waals surface area contributed by atoms with Gasteiger partial charge in [0.05, 0.1) is 0 Å². The molecule has 1 aromatic rings. The second-order valence-corrected chi connectivity index (χ2v) is 3.04. The molecule has 0 aliphatic heterocycles. The molecule has 0 fully saturated rings. The number of hydrogen-bond donors (Lipinski definition) is 2. The van der Waals surface area contributed by atoms with Gasteiger partial charge < -0.3 is 10.6 Å². The van der Waals surface area contributed by atoms with Gasteiger partial charge in [-0.1, -0.05) is 23.7 Å². The standard InChI is InChI=1S/C10H11ClN2O/c1-12-10(14)13-7-6-8-2-4-9(11)5-3-8/h2-7H,1H3,(H2,12,13,14)/b7-6+. The minimum absolute atomic E-state index is 0.241. The Kier molecular flexibility index (Phi) is 4.01. The van der Waals surface area contributed by atoms with E-state index < -0.39 is 0 Å². The van der Waals surface area contributed by atoms with Crippen LogP contribution in [0.3, 0.4) is 0 Å². The number of rotatable bonds is 2. The van der Waals surface area contributed by atoms with Crippen molar-refractivity contribution in [1.29, 1.82) is 0 Å². The van der Waals surface area contributed by atoms with Gasteiger partial charge in [-0.25, -0.2) is 4.79 Å². The van der Waals surface area contributed by atoms with Crippen LogP contribution >= 0.6 is 11.6 Å². The van der Waals surface area contributed by atoms with Crippen molar-refractivity contribution in [2.24, 2.45) is 0 Å². The average molecular weight is 211 g/mol. The minimum atomic E-state index is -0.241. The molecule has 0 aliphatic rings. The Hall–Kier alpha value is -1.48. The zero-order chi connectivity index (χ0) is 10.4. The smallest absolute Gasteiger partial charge is 0.318 e. The van der Waals surface area contributed by atoms with Crippen molar-refractivity contribution < 1.29 is 4.79 Å². The molecule has 0 saturated heterocycles. The summed E-state index contributed by atoms with van der Waals surface area (Å²) in [5.41, 5.74) is 0.978. The zero-order valence-corrected chi connectivity index (χ0v) is 8.51. The van der Waals surface area contributed by atoms with E-state index in [4.69, 9.17) is 11.6 Å². The molecule has 3 nitrogen and oxygen atoms in total. The molecule has 0 saturated carbocycles. The van der Waals surface area contributed by atoms with Gasteiger partial charge in [-0.15, -0.1) is 0 Å². The lowest BCUT2D eigenvalue weighted by Crippen LogP contribution is -2.28.